The van der Waals surface area contributed by atoms with Gasteiger partial charge in [0.2, 0.25) is 5.91 Å². The summed E-state index contributed by atoms with van der Waals surface area (Å²) in [5, 5.41) is 23.5. The van der Waals surface area contributed by atoms with E-state index < -0.39 is 26.6 Å². The third kappa shape index (κ3) is 35.0. The summed E-state index contributed by atoms with van der Waals surface area (Å²) in [6.07, 6.45) is 39.9. The summed E-state index contributed by atoms with van der Waals surface area (Å²) in [5.74, 6) is -0.284. The molecule has 52 heavy (non-hydrogen) atoms. The summed E-state index contributed by atoms with van der Waals surface area (Å²) < 4.78 is 23.0. The van der Waals surface area contributed by atoms with E-state index in [0.717, 1.165) is 64.2 Å². The molecule has 0 rings (SSSR count). The minimum Gasteiger partial charge on any atom is -0.756 e. The largest absolute Gasteiger partial charge is 0.756 e. The van der Waals surface area contributed by atoms with Crippen LogP contribution in [-0.4, -0.2) is 79.8 Å². The summed E-state index contributed by atoms with van der Waals surface area (Å²) in [6.45, 7) is 4.39. The number of amides is 1. The van der Waals surface area contributed by atoms with Crippen LogP contribution in [0.1, 0.15) is 129 Å². The molecule has 0 saturated heterocycles. The van der Waals surface area contributed by atoms with E-state index in [9.17, 15) is 24.5 Å². The average molecular weight is 751 g/mol. The van der Waals surface area contributed by atoms with Crippen molar-refractivity contribution in [2.75, 3.05) is 40.9 Å². The maximum absolute atomic E-state index is 12.8. The van der Waals surface area contributed by atoms with Crippen molar-refractivity contribution in [2.45, 2.75) is 148 Å². The van der Waals surface area contributed by atoms with E-state index in [2.05, 4.69) is 49.5 Å². The Morgan fingerprint density at radius 2 is 1.33 bits per heavy atom. The lowest BCUT2D eigenvalue weighted by molar-refractivity contribution is -0.870. The summed E-state index contributed by atoms with van der Waals surface area (Å²) in [7, 11) is 1.16. The van der Waals surface area contributed by atoms with Crippen LogP contribution in [-0.2, 0) is 18.4 Å². The molecule has 1 unspecified atom stereocenters. The van der Waals surface area contributed by atoms with Crippen molar-refractivity contribution in [3.63, 3.8) is 0 Å². The molecule has 0 fully saturated rings. The SMILES string of the molecule is CCCCCCCC/C=C\CC/C=C/[C@@H](O)[C@H](COP(=O)([O-])OCC[N+](C)(C)C)NC(=O)CCC/C=C\C/C=C\C/C=C\C=C\[C@@H](O)CCCCC. The van der Waals surface area contributed by atoms with Crippen LogP contribution in [0, 0.1) is 0 Å². The van der Waals surface area contributed by atoms with Gasteiger partial charge in [-0.2, -0.15) is 0 Å². The van der Waals surface area contributed by atoms with E-state index in [-0.39, 0.29) is 25.0 Å². The van der Waals surface area contributed by atoms with Crippen molar-refractivity contribution < 1.29 is 38.0 Å². The van der Waals surface area contributed by atoms with Crippen LogP contribution < -0.4 is 10.2 Å². The van der Waals surface area contributed by atoms with Crippen molar-refractivity contribution in [1.82, 2.24) is 5.32 Å². The lowest BCUT2D eigenvalue weighted by Crippen LogP contribution is -2.45. The van der Waals surface area contributed by atoms with Crippen molar-refractivity contribution in [1.29, 1.82) is 0 Å². The maximum Gasteiger partial charge on any atom is 0.268 e. The van der Waals surface area contributed by atoms with E-state index in [1.807, 2.05) is 57.6 Å². The number of hydrogen-bond donors (Lipinski definition) is 3. The number of aliphatic hydroxyl groups is 2. The van der Waals surface area contributed by atoms with Crippen LogP contribution in [0.4, 0.5) is 0 Å². The molecule has 0 spiro atoms. The first-order valence-corrected chi connectivity index (χ1v) is 21.4. The minimum absolute atomic E-state index is 0.0286. The fourth-order valence-electron chi connectivity index (χ4n) is 4.97. The third-order valence-corrected chi connectivity index (χ3v) is 9.21. The summed E-state index contributed by atoms with van der Waals surface area (Å²) in [4.78, 5) is 25.2. The highest BCUT2D eigenvalue weighted by molar-refractivity contribution is 7.45. The fourth-order valence-corrected chi connectivity index (χ4v) is 5.70. The topological polar surface area (TPSA) is 128 Å². The average Bonchev–Trinajstić information content (AvgIpc) is 3.08. The van der Waals surface area contributed by atoms with Gasteiger partial charge >= 0.3 is 0 Å². The first-order valence-electron chi connectivity index (χ1n) is 19.9. The Hall–Kier alpha value is -2.10. The summed E-state index contributed by atoms with van der Waals surface area (Å²) in [5.41, 5.74) is 0. The smallest absolute Gasteiger partial charge is 0.268 e. The second-order valence-electron chi connectivity index (χ2n) is 14.5. The Balaban J connectivity index is 4.71. The van der Waals surface area contributed by atoms with Gasteiger partial charge in [0.15, 0.2) is 0 Å². The second-order valence-corrected chi connectivity index (χ2v) is 15.9. The Kier molecular flexibility index (Phi) is 32.1. The highest BCUT2D eigenvalue weighted by Gasteiger charge is 2.23. The maximum atomic E-state index is 12.8. The standard InChI is InChI=1S/C42H75N2O7P/c1-6-8-10-11-12-13-14-17-20-23-26-30-34-41(46)40(38-51-52(48,49)50-37-36-44(3,4)5)43-42(47)35-31-27-24-21-18-15-16-19-22-25-29-33-39(45)32-28-9-7-2/h15-17,20-22,24-25,29-30,33-34,39-41,45-46H,6-14,18-19,23,26-28,31-32,35-38H2,1-5H3,(H-,43,47,48,49)/b16-15-,20-17-,24-21-,25-22-,33-29+,34-30+/t39-,40-,41+/m0/s1. The molecule has 9 nitrogen and oxygen atoms in total. The Labute approximate surface area is 317 Å². The molecule has 0 bridgehead atoms. The van der Waals surface area contributed by atoms with Gasteiger partial charge < -0.3 is 34.0 Å². The van der Waals surface area contributed by atoms with E-state index in [1.165, 1.54) is 38.5 Å². The predicted octanol–water partition coefficient (Wildman–Crippen LogP) is 8.80. The van der Waals surface area contributed by atoms with Gasteiger partial charge in [-0.05, 0) is 57.8 Å². The molecule has 0 aromatic rings. The fraction of sp³-hybridized carbons (Fsp3) is 0.690. The molecule has 0 aliphatic rings. The number of unbranched alkanes of at least 4 members (excludes halogenated alkanes) is 10. The number of carbonyl (C=O) groups is 1. The minimum atomic E-state index is -4.62. The molecule has 0 saturated carbocycles. The monoisotopic (exact) mass is 751 g/mol. The number of phosphoric ester groups is 1. The van der Waals surface area contributed by atoms with Gasteiger partial charge in [-0.25, -0.2) is 0 Å². The number of aliphatic hydroxyl groups excluding tert-OH is 2. The van der Waals surface area contributed by atoms with Gasteiger partial charge in [-0.3, -0.25) is 9.36 Å². The molecule has 0 aliphatic carbocycles. The molecular weight excluding hydrogens is 675 g/mol. The van der Waals surface area contributed by atoms with Gasteiger partial charge in [-0.1, -0.05) is 138 Å². The normalized spacial score (nSPS) is 15.9. The third-order valence-electron chi connectivity index (χ3n) is 8.24. The van der Waals surface area contributed by atoms with Crippen molar-refractivity contribution >= 4 is 13.7 Å². The molecule has 0 radical (unpaired) electrons. The van der Waals surface area contributed by atoms with Crippen LogP contribution in [0.25, 0.3) is 0 Å². The van der Waals surface area contributed by atoms with Crippen LogP contribution in [0.3, 0.4) is 0 Å². The summed E-state index contributed by atoms with van der Waals surface area (Å²) >= 11 is 0. The summed E-state index contributed by atoms with van der Waals surface area (Å²) in [6, 6.07) is -0.947. The Morgan fingerprint density at radius 1 is 0.731 bits per heavy atom. The molecule has 0 aromatic carbocycles. The number of likely N-dealkylation sites (N-methyl/N-ethyl adjacent to an activating group) is 1. The van der Waals surface area contributed by atoms with E-state index in [1.54, 1.807) is 6.08 Å². The second kappa shape index (κ2) is 33.5. The van der Waals surface area contributed by atoms with Gasteiger partial charge in [0.05, 0.1) is 46.0 Å². The molecule has 0 aromatic heterocycles. The number of rotatable bonds is 34. The van der Waals surface area contributed by atoms with Crippen LogP contribution in [0.2, 0.25) is 0 Å². The van der Waals surface area contributed by atoms with Crippen molar-refractivity contribution in [3.05, 3.63) is 72.9 Å². The molecule has 10 heteroatoms. The lowest BCUT2D eigenvalue weighted by atomic mass is 10.1. The Morgan fingerprint density at radius 3 is 2.06 bits per heavy atom. The molecule has 0 aliphatic heterocycles. The van der Waals surface area contributed by atoms with Gasteiger partial charge in [-0.15, -0.1) is 0 Å². The van der Waals surface area contributed by atoms with E-state index in [4.69, 9.17) is 9.05 Å². The number of quaternary nitrogens is 1. The van der Waals surface area contributed by atoms with Crippen LogP contribution in [0.5, 0.6) is 0 Å². The number of hydrogen-bond acceptors (Lipinski definition) is 7. The number of nitrogens with one attached hydrogen (secondary N) is 1. The Bertz CT molecular complexity index is 1090. The predicted molar refractivity (Wildman–Crippen MR) is 216 cm³/mol. The molecule has 300 valence electrons. The van der Waals surface area contributed by atoms with E-state index in [0.29, 0.717) is 17.4 Å². The zero-order valence-electron chi connectivity index (χ0n) is 33.3. The molecule has 3 N–H and O–H groups in total. The molecule has 0 heterocycles. The first kappa shape index (κ1) is 49.9. The lowest BCUT2D eigenvalue weighted by Gasteiger charge is -2.29. The number of phosphoric acid groups is 1. The molecule has 4 atom stereocenters. The van der Waals surface area contributed by atoms with E-state index >= 15 is 0 Å². The highest BCUT2D eigenvalue weighted by Crippen LogP contribution is 2.38. The highest BCUT2D eigenvalue weighted by atomic mass is 31.2. The number of nitrogens with zero attached hydrogens (tertiary/aromatic N) is 1. The van der Waals surface area contributed by atoms with Crippen molar-refractivity contribution in [3.8, 4) is 0 Å². The zero-order chi connectivity index (χ0) is 38.8. The van der Waals surface area contributed by atoms with Crippen LogP contribution in [0.15, 0.2) is 72.9 Å². The van der Waals surface area contributed by atoms with Gasteiger partial charge in [0.25, 0.3) is 7.82 Å². The van der Waals surface area contributed by atoms with Gasteiger partial charge in [0, 0.05) is 6.42 Å². The number of carbonyl (C=O) groups excluding carboxylic acids is 1. The van der Waals surface area contributed by atoms with Gasteiger partial charge in [0.1, 0.15) is 13.2 Å². The molecule has 1 amide bonds. The quantitative estimate of drug-likeness (QED) is 0.0197. The number of allylic oxidation sites excluding steroid dienone is 10. The molecular formula is C42H75N2O7P. The first-order chi connectivity index (χ1) is 24.9. The van der Waals surface area contributed by atoms with Crippen LogP contribution >= 0.6 is 7.82 Å². The van der Waals surface area contributed by atoms with Crippen molar-refractivity contribution in [2.24, 2.45) is 0 Å². The zero-order valence-corrected chi connectivity index (χ0v) is 34.2.